The Morgan fingerprint density at radius 1 is 1.10 bits per heavy atom. The molecular formula is C23H30N4O2. The number of nitrogens with zero attached hydrogens (tertiary/aromatic N) is 2. The molecule has 2 aromatic rings. The van der Waals surface area contributed by atoms with Crippen molar-refractivity contribution in [3.63, 3.8) is 0 Å². The Kier molecular flexibility index (Phi) is 4.82. The smallest absolute Gasteiger partial charge is 0.257 e. The average molecular weight is 395 g/mol. The summed E-state index contributed by atoms with van der Waals surface area (Å²) in [6.07, 6.45) is 9.75. The van der Waals surface area contributed by atoms with Crippen LogP contribution in [0.2, 0.25) is 0 Å². The van der Waals surface area contributed by atoms with E-state index in [2.05, 4.69) is 15.7 Å². The van der Waals surface area contributed by atoms with Crippen LogP contribution in [0.1, 0.15) is 55.3 Å². The lowest BCUT2D eigenvalue weighted by atomic mass is 9.53. The van der Waals surface area contributed by atoms with Crippen LogP contribution in [0.4, 0.5) is 5.82 Å². The molecule has 0 saturated heterocycles. The fourth-order valence-electron chi connectivity index (χ4n) is 6.31. The van der Waals surface area contributed by atoms with Crippen LogP contribution < -0.4 is 10.6 Å². The number of aliphatic hydroxyl groups excluding tert-OH is 1. The second-order valence-electron chi connectivity index (χ2n) is 9.31. The molecule has 6 nitrogen and oxygen atoms in total. The number of para-hydroxylation sites is 1. The molecule has 0 radical (unpaired) electrons. The van der Waals surface area contributed by atoms with E-state index in [1.54, 1.807) is 10.9 Å². The minimum Gasteiger partial charge on any atom is -0.396 e. The maximum Gasteiger partial charge on any atom is 0.257 e. The number of anilines is 1. The lowest BCUT2D eigenvalue weighted by Crippen LogP contribution is -2.59. The molecule has 4 aliphatic carbocycles. The molecule has 6 heteroatoms. The summed E-state index contributed by atoms with van der Waals surface area (Å²) >= 11 is 0. The van der Waals surface area contributed by atoms with Crippen molar-refractivity contribution in [1.82, 2.24) is 15.1 Å². The van der Waals surface area contributed by atoms with E-state index in [1.807, 2.05) is 30.3 Å². The Hall–Kier alpha value is -2.34. The monoisotopic (exact) mass is 394 g/mol. The maximum absolute atomic E-state index is 13.4. The molecule has 4 bridgehead atoms. The molecule has 154 valence electrons. The van der Waals surface area contributed by atoms with Crippen molar-refractivity contribution in [3.05, 3.63) is 42.1 Å². The second-order valence-corrected chi connectivity index (χ2v) is 9.31. The number of aromatic nitrogens is 2. The minimum atomic E-state index is -0.0272. The summed E-state index contributed by atoms with van der Waals surface area (Å²) in [7, 11) is 0. The molecule has 1 heterocycles. The van der Waals surface area contributed by atoms with E-state index >= 15 is 0 Å². The number of hydrogen-bond donors (Lipinski definition) is 3. The number of amides is 1. The summed E-state index contributed by atoms with van der Waals surface area (Å²) in [5.41, 5.74) is 1.47. The molecule has 6 rings (SSSR count). The second kappa shape index (κ2) is 7.48. The average Bonchev–Trinajstić information content (AvgIpc) is 3.11. The minimum absolute atomic E-state index is 0.0248. The van der Waals surface area contributed by atoms with Gasteiger partial charge in [0.15, 0.2) is 0 Å². The van der Waals surface area contributed by atoms with Crippen molar-refractivity contribution in [2.24, 2.45) is 17.8 Å². The number of benzene rings is 1. The van der Waals surface area contributed by atoms with E-state index in [4.69, 9.17) is 5.11 Å². The summed E-state index contributed by atoms with van der Waals surface area (Å²) < 4.78 is 1.78. The SMILES string of the molecule is O=C(NC12CC3CC(CC(C3)C1)C2)c1cnn(-c2ccccc2)c1NCCCO. The highest BCUT2D eigenvalue weighted by Gasteiger charge is 2.51. The van der Waals surface area contributed by atoms with Crippen molar-refractivity contribution >= 4 is 11.7 Å². The van der Waals surface area contributed by atoms with Crippen LogP contribution in [0.3, 0.4) is 0 Å². The van der Waals surface area contributed by atoms with Gasteiger partial charge >= 0.3 is 0 Å². The summed E-state index contributed by atoms with van der Waals surface area (Å²) in [6.45, 7) is 0.702. The third-order valence-corrected chi connectivity index (χ3v) is 7.06. The number of carbonyl (C=O) groups is 1. The van der Waals surface area contributed by atoms with Gasteiger partial charge in [-0.2, -0.15) is 5.10 Å². The van der Waals surface area contributed by atoms with Crippen LogP contribution in [-0.2, 0) is 0 Å². The first-order valence-electron chi connectivity index (χ1n) is 11.0. The van der Waals surface area contributed by atoms with Crippen LogP contribution >= 0.6 is 0 Å². The van der Waals surface area contributed by atoms with Gasteiger partial charge in [0.1, 0.15) is 11.4 Å². The molecular weight excluding hydrogens is 364 g/mol. The third kappa shape index (κ3) is 3.54. The molecule has 0 spiro atoms. The summed E-state index contributed by atoms with van der Waals surface area (Å²) in [6, 6.07) is 9.84. The highest BCUT2D eigenvalue weighted by atomic mass is 16.3. The predicted octanol–water partition coefficient (Wildman–Crippen LogP) is 3.37. The number of aliphatic hydroxyl groups is 1. The quantitative estimate of drug-likeness (QED) is 0.629. The van der Waals surface area contributed by atoms with Crippen molar-refractivity contribution < 1.29 is 9.90 Å². The van der Waals surface area contributed by atoms with E-state index in [1.165, 1.54) is 19.3 Å². The van der Waals surface area contributed by atoms with Gasteiger partial charge in [-0.1, -0.05) is 18.2 Å². The van der Waals surface area contributed by atoms with Gasteiger partial charge in [0, 0.05) is 18.7 Å². The largest absolute Gasteiger partial charge is 0.396 e. The Morgan fingerprint density at radius 3 is 2.38 bits per heavy atom. The summed E-state index contributed by atoms with van der Waals surface area (Å²) in [4.78, 5) is 13.4. The van der Waals surface area contributed by atoms with Gasteiger partial charge in [-0.05, 0) is 74.8 Å². The van der Waals surface area contributed by atoms with E-state index < -0.39 is 0 Å². The molecule has 0 atom stereocenters. The Morgan fingerprint density at radius 2 is 1.76 bits per heavy atom. The van der Waals surface area contributed by atoms with Crippen LogP contribution in [-0.4, -0.2) is 39.5 Å². The fraction of sp³-hybridized carbons (Fsp3) is 0.565. The molecule has 4 aliphatic rings. The van der Waals surface area contributed by atoms with Crippen molar-refractivity contribution in [3.8, 4) is 5.69 Å². The topological polar surface area (TPSA) is 79.2 Å². The molecule has 4 saturated carbocycles. The Labute approximate surface area is 171 Å². The number of rotatable bonds is 7. The van der Waals surface area contributed by atoms with E-state index in [0.29, 0.717) is 24.3 Å². The summed E-state index contributed by atoms with van der Waals surface area (Å²) in [5, 5.41) is 20.5. The zero-order valence-corrected chi connectivity index (χ0v) is 16.8. The van der Waals surface area contributed by atoms with Gasteiger partial charge in [0.25, 0.3) is 5.91 Å². The molecule has 3 N–H and O–H groups in total. The zero-order valence-electron chi connectivity index (χ0n) is 16.8. The molecule has 1 amide bonds. The van der Waals surface area contributed by atoms with Gasteiger partial charge < -0.3 is 15.7 Å². The lowest BCUT2D eigenvalue weighted by Gasteiger charge is -2.56. The highest BCUT2D eigenvalue weighted by Crippen LogP contribution is 2.55. The normalized spacial score (nSPS) is 29.8. The number of carbonyl (C=O) groups excluding carboxylic acids is 1. The van der Waals surface area contributed by atoms with Gasteiger partial charge in [0.05, 0.1) is 11.9 Å². The molecule has 29 heavy (non-hydrogen) atoms. The standard InChI is InChI=1S/C23H30N4O2/c28-8-4-7-24-21-20(15-25-27(21)19-5-2-1-3-6-19)22(29)26-23-12-16-9-17(13-23)11-18(10-16)14-23/h1-3,5-6,15-18,24,28H,4,7-14H2,(H,26,29). The van der Waals surface area contributed by atoms with Gasteiger partial charge in [-0.25, -0.2) is 4.68 Å². The van der Waals surface area contributed by atoms with E-state index in [-0.39, 0.29) is 18.1 Å². The first kappa shape index (κ1) is 18.7. The van der Waals surface area contributed by atoms with Crippen LogP contribution in [0, 0.1) is 17.8 Å². The molecule has 1 aromatic carbocycles. The molecule has 1 aromatic heterocycles. The van der Waals surface area contributed by atoms with Crippen LogP contribution in [0.5, 0.6) is 0 Å². The van der Waals surface area contributed by atoms with E-state index in [0.717, 1.165) is 42.7 Å². The Bertz CT molecular complexity index is 841. The van der Waals surface area contributed by atoms with Crippen LogP contribution in [0.15, 0.2) is 36.5 Å². The fourth-order valence-corrected chi connectivity index (χ4v) is 6.31. The third-order valence-electron chi connectivity index (χ3n) is 7.06. The summed E-state index contributed by atoms with van der Waals surface area (Å²) in [5.74, 6) is 3.04. The maximum atomic E-state index is 13.4. The molecule has 0 unspecified atom stereocenters. The Balaban J connectivity index is 1.41. The van der Waals surface area contributed by atoms with Crippen LogP contribution in [0.25, 0.3) is 5.69 Å². The predicted molar refractivity (Wildman–Crippen MR) is 112 cm³/mol. The van der Waals surface area contributed by atoms with Gasteiger partial charge in [-0.15, -0.1) is 0 Å². The van der Waals surface area contributed by atoms with Crippen molar-refractivity contribution in [2.75, 3.05) is 18.5 Å². The molecule has 4 fully saturated rings. The first-order valence-corrected chi connectivity index (χ1v) is 11.0. The highest BCUT2D eigenvalue weighted by molar-refractivity contribution is 5.99. The van der Waals surface area contributed by atoms with Gasteiger partial charge in [0.2, 0.25) is 0 Å². The number of nitrogens with one attached hydrogen (secondary N) is 2. The first-order chi connectivity index (χ1) is 14.2. The number of hydrogen-bond acceptors (Lipinski definition) is 4. The van der Waals surface area contributed by atoms with Crippen molar-refractivity contribution in [2.45, 2.75) is 50.5 Å². The lowest BCUT2D eigenvalue weighted by molar-refractivity contribution is -0.0166. The molecule has 0 aliphatic heterocycles. The van der Waals surface area contributed by atoms with Crippen molar-refractivity contribution in [1.29, 1.82) is 0 Å². The van der Waals surface area contributed by atoms with Gasteiger partial charge in [-0.3, -0.25) is 4.79 Å². The van der Waals surface area contributed by atoms with E-state index in [9.17, 15) is 4.79 Å². The zero-order chi connectivity index (χ0) is 19.8.